The lowest BCUT2D eigenvalue weighted by Gasteiger charge is -2.17. The van der Waals surface area contributed by atoms with Crippen LogP contribution in [0.5, 0.6) is 0 Å². The van der Waals surface area contributed by atoms with E-state index in [9.17, 15) is 0 Å². The van der Waals surface area contributed by atoms with Crippen LogP contribution >= 0.6 is 11.8 Å². The van der Waals surface area contributed by atoms with Crippen molar-refractivity contribution in [2.75, 3.05) is 0 Å². The zero-order valence-electron chi connectivity index (χ0n) is 11.6. The Morgan fingerprint density at radius 3 is 2.79 bits per heavy atom. The van der Waals surface area contributed by atoms with Gasteiger partial charge in [0.15, 0.2) is 0 Å². The first-order valence-electron chi connectivity index (χ1n) is 6.98. The number of thioether (sulfide) groups is 1. The van der Waals surface area contributed by atoms with Gasteiger partial charge < -0.3 is 10.1 Å². The molecule has 0 saturated heterocycles. The van der Waals surface area contributed by atoms with E-state index in [0.29, 0.717) is 0 Å². The minimum atomic E-state index is -0.414. The first-order chi connectivity index (χ1) is 9.05. The highest BCUT2D eigenvalue weighted by atomic mass is 32.2. The Morgan fingerprint density at radius 1 is 1.37 bits per heavy atom. The molecule has 1 aliphatic rings. The van der Waals surface area contributed by atoms with Gasteiger partial charge in [-0.25, -0.2) is 4.98 Å². The lowest BCUT2D eigenvalue weighted by atomic mass is 10.1. The molecule has 102 valence electrons. The van der Waals surface area contributed by atoms with E-state index in [-0.39, 0.29) is 0 Å². The predicted molar refractivity (Wildman–Crippen MR) is 80.5 cm³/mol. The van der Waals surface area contributed by atoms with Crippen LogP contribution in [0.3, 0.4) is 0 Å². The van der Waals surface area contributed by atoms with Crippen LogP contribution in [0.4, 0.5) is 0 Å². The second kappa shape index (κ2) is 4.84. The molecule has 2 aromatic heterocycles. The fourth-order valence-corrected chi connectivity index (χ4v) is 4.12. The van der Waals surface area contributed by atoms with Gasteiger partial charge in [-0.15, -0.1) is 11.8 Å². The smallest absolute Gasteiger partial charge is 0.132 e. The van der Waals surface area contributed by atoms with Crippen LogP contribution < -0.4 is 5.73 Å². The molecule has 3 nitrogen and oxygen atoms in total. The first-order valence-corrected chi connectivity index (χ1v) is 7.86. The molecule has 0 aliphatic heterocycles. The summed E-state index contributed by atoms with van der Waals surface area (Å²) >= 11 is 2.00. The molecule has 0 bridgehead atoms. The van der Waals surface area contributed by atoms with Crippen LogP contribution in [0.25, 0.3) is 5.52 Å². The normalized spacial score (nSPS) is 17.4. The monoisotopic (exact) mass is 275 g/mol. The molecule has 3 rings (SSSR count). The zero-order valence-corrected chi connectivity index (χ0v) is 12.4. The number of hydrogen-bond acceptors (Lipinski definition) is 3. The SMILES string of the molecule is CC(C)(N)c1ncc2c(SC3CCCC3)cccn12. The van der Waals surface area contributed by atoms with E-state index in [1.807, 2.05) is 31.8 Å². The summed E-state index contributed by atoms with van der Waals surface area (Å²) in [5.41, 5.74) is 6.97. The van der Waals surface area contributed by atoms with Crippen molar-refractivity contribution < 1.29 is 0 Å². The van der Waals surface area contributed by atoms with Crippen molar-refractivity contribution in [3.8, 4) is 0 Å². The average Bonchev–Trinajstić information content (AvgIpc) is 2.96. The Labute approximate surface area is 118 Å². The Kier molecular flexibility index (Phi) is 3.31. The number of rotatable bonds is 3. The standard InChI is InChI=1S/C15H21N3S/c1-15(2,16)14-17-10-12-13(8-5-9-18(12)14)19-11-6-3-4-7-11/h5,8-11H,3-4,6-7,16H2,1-2H3. The maximum atomic E-state index is 6.19. The van der Waals surface area contributed by atoms with Gasteiger partial charge in [0.05, 0.1) is 17.3 Å². The second-order valence-corrected chi connectivity index (χ2v) is 7.30. The molecular formula is C15H21N3S. The zero-order chi connectivity index (χ0) is 13.5. The van der Waals surface area contributed by atoms with Crippen molar-refractivity contribution in [3.63, 3.8) is 0 Å². The highest BCUT2D eigenvalue weighted by Gasteiger charge is 2.22. The van der Waals surface area contributed by atoms with Crippen molar-refractivity contribution in [2.24, 2.45) is 5.73 Å². The molecule has 2 aromatic rings. The van der Waals surface area contributed by atoms with Crippen molar-refractivity contribution in [1.82, 2.24) is 9.38 Å². The summed E-state index contributed by atoms with van der Waals surface area (Å²) in [6.07, 6.45) is 9.46. The van der Waals surface area contributed by atoms with Gasteiger partial charge in [-0.1, -0.05) is 12.8 Å². The molecule has 2 heterocycles. The van der Waals surface area contributed by atoms with Gasteiger partial charge in [-0.3, -0.25) is 0 Å². The fourth-order valence-electron chi connectivity index (χ4n) is 2.76. The summed E-state index contributed by atoms with van der Waals surface area (Å²) in [6, 6.07) is 4.30. The molecule has 0 aromatic carbocycles. The van der Waals surface area contributed by atoms with E-state index < -0.39 is 5.54 Å². The molecule has 4 heteroatoms. The van der Waals surface area contributed by atoms with Gasteiger partial charge >= 0.3 is 0 Å². The molecule has 1 fully saturated rings. The van der Waals surface area contributed by atoms with E-state index in [4.69, 9.17) is 5.73 Å². The maximum Gasteiger partial charge on any atom is 0.132 e. The third-order valence-corrected chi connectivity index (χ3v) is 5.11. The highest BCUT2D eigenvalue weighted by Crippen LogP contribution is 2.37. The van der Waals surface area contributed by atoms with Crippen LogP contribution in [-0.4, -0.2) is 14.6 Å². The van der Waals surface area contributed by atoms with Gasteiger partial charge in [0.2, 0.25) is 0 Å². The quantitative estimate of drug-likeness (QED) is 0.931. The third kappa shape index (κ3) is 2.51. The highest BCUT2D eigenvalue weighted by molar-refractivity contribution is 8.00. The molecule has 0 amide bonds. The minimum Gasteiger partial charge on any atom is -0.319 e. The van der Waals surface area contributed by atoms with E-state index in [1.165, 1.54) is 36.1 Å². The van der Waals surface area contributed by atoms with Crippen LogP contribution in [0, 0.1) is 0 Å². The van der Waals surface area contributed by atoms with Crippen LogP contribution in [0.2, 0.25) is 0 Å². The summed E-state index contributed by atoms with van der Waals surface area (Å²) < 4.78 is 2.14. The minimum absolute atomic E-state index is 0.414. The van der Waals surface area contributed by atoms with Gasteiger partial charge in [0.1, 0.15) is 5.82 Å². The number of imidazole rings is 1. The largest absolute Gasteiger partial charge is 0.319 e. The van der Waals surface area contributed by atoms with Gasteiger partial charge in [0.25, 0.3) is 0 Å². The molecule has 2 N–H and O–H groups in total. The number of fused-ring (bicyclic) bond motifs is 1. The summed E-state index contributed by atoms with van der Waals surface area (Å²) in [5.74, 6) is 0.927. The van der Waals surface area contributed by atoms with Crippen LogP contribution in [0.1, 0.15) is 45.4 Å². The summed E-state index contributed by atoms with van der Waals surface area (Å²) in [6.45, 7) is 4.00. The maximum absolute atomic E-state index is 6.19. The molecule has 0 spiro atoms. The summed E-state index contributed by atoms with van der Waals surface area (Å²) in [5, 5.41) is 0.774. The van der Waals surface area contributed by atoms with E-state index in [0.717, 1.165) is 11.1 Å². The van der Waals surface area contributed by atoms with E-state index >= 15 is 0 Å². The molecule has 1 saturated carbocycles. The van der Waals surface area contributed by atoms with Gasteiger partial charge in [0, 0.05) is 16.3 Å². The molecule has 0 unspecified atom stereocenters. The van der Waals surface area contributed by atoms with Gasteiger partial charge in [-0.2, -0.15) is 0 Å². The molecule has 1 aliphatic carbocycles. The molecule has 0 radical (unpaired) electrons. The van der Waals surface area contributed by atoms with Crippen molar-refractivity contribution >= 4 is 17.3 Å². The number of pyridine rings is 1. The summed E-state index contributed by atoms with van der Waals surface area (Å²) in [4.78, 5) is 5.86. The second-order valence-electron chi connectivity index (χ2n) is 5.96. The summed E-state index contributed by atoms with van der Waals surface area (Å²) in [7, 11) is 0. The van der Waals surface area contributed by atoms with Crippen LogP contribution in [-0.2, 0) is 5.54 Å². The Bertz CT molecular complexity index is 577. The van der Waals surface area contributed by atoms with Crippen LogP contribution in [0.15, 0.2) is 29.4 Å². The van der Waals surface area contributed by atoms with Crippen molar-refractivity contribution in [1.29, 1.82) is 0 Å². The Hall–Kier alpha value is -1.00. The molecule has 0 atom stereocenters. The average molecular weight is 275 g/mol. The molecular weight excluding hydrogens is 254 g/mol. The Balaban J connectivity index is 1.99. The predicted octanol–water partition coefficient (Wildman–Crippen LogP) is 3.56. The number of nitrogens with two attached hydrogens (primary N) is 1. The van der Waals surface area contributed by atoms with Crippen molar-refractivity contribution in [2.45, 2.75) is 55.2 Å². The number of aromatic nitrogens is 2. The lowest BCUT2D eigenvalue weighted by molar-refractivity contribution is 0.511. The topological polar surface area (TPSA) is 43.3 Å². The first kappa shape index (κ1) is 13.0. The van der Waals surface area contributed by atoms with Crippen molar-refractivity contribution in [3.05, 3.63) is 30.4 Å². The lowest BCUT2D eigenvalue weighted by Crippen LogP contribution is -2.31. The van der Waals surface area contributed by atoms with E-state index in [1.54, 1.807) is 0 Å². The number of hydrogen-bond donors (Lipinski definition) is 1. The molecule has 19 heavy (non-hydrogen) atoms. The number of nitrogens with zero attached hydrogens (tertiary/aromatic N) is 2. The van der Waals surface area contributed by atoms with E-state index in [2.05, 4.69) is 27.7 Å². The van der Waals surface area contributed by atoms with Gasteiger partial charge in [-0.05, 0) is 38.8 Å². The Morgan fingerprint density at radius 2 is 2.11 bits per heavy atom. The third-order valence-electron chi connectivity index (χ3n) is 3.70. The fraction of sp³-hybridized carbons (Fsp3) is 0.533.